The van der Waals surface area contributed by atoms with Gasteiger partial charge in [0.05, 0.1) is 19.2 Å². The van der Waals surface area contributed by atoms with E-state index in [1.165, 1.54) is 43.4 Å². The fourth-order valence-corrected chi connectivity index (χ4v) is 2.83. The van der Waals surface area contributed by atoms with Crippen LogP contribution in [0.5, 0.6) is 11.5 Å². The molecule has 0 unspecified atom stereocenters. The number of methoxy groups -OCH3 is 2. The molecular formula is C18H17ClN2O6S. The van der Waals surface area contributed by atoms with Crippen molar-refractivity contribution < 1.29 is 28.6 Å². The van der Waals surface area contributed by atoms with Crippen molar-refractivity contribution in [2.24, 2.45) is 0 Å². The van der Waals surface area contributed by atoms with E-state index < -0.39 is 17.8 Å². The van der Waals surface area contributed by atoms with Crippen LogP contribution in [0, 0.1) is 0 Å². The minimum absolute atomic E-state index is 0.00854. The molecule has 0 aromatic heterocycles. The molecule has 2 rings (SSSR count). The topological polar surface area (TPSA) is 94.2 Å². The summed E-state index contributed by atoms with van der Waals surface area (Å²) in [5.41, 5.74) is 0.286. The van der Waals surface area contributed by atoms with Gasteiger partial charge >= 0.3 is 5.97 Å². The molecule has 1 N–H and O–H groups in total. The summed E-state index contributed by atoms with van der Waals surface area (Å²) in [7, 11) is 2.61. The number of hydrogen-bond donors (Lipinski definition) is 1. The summed E-state index contributed by atoms with van der Waals surface area (Å²) in [5, 5.41) is 2.58. The van der Waals surface area contributed by atoms with Gasteiger partial charge in [0, 0.05) is 6.54 Å². The third-order valence-electron chi connectivity index (χ3n) is 3.62. The first-order valence-corrected chi connectivity index (χ1v) is 8.67. The highest BCUT2D eigenvalue weighted by Crippen LogP contribution is 2.37. The lowest BCUT2D eigenvalue weighted by Crippen LogP contribution is -2.53. The number of benzene rings is 1. The summed E-state index contributed by atoms with van der Waals surface area (Å²) < 4.78 is 15.1. The maximum atomic E-state index is 12.6. The first-order valence-electron chi connectivity index (χ1n) is 7.89. The highest BCUT2D eigenvalue weighted by molar-refractivity contribution is 7.80. The van der Waals surface area contributed by atoms with Gasteiger partial charge < -0.3 is 14.2 Å². The molecule has 1 fully saturated rings. The normalized spacial score (nSPS) is 15.3. The Labute approximate surface area is 171 Å². The smallest absolute Gasteiger partial charge is 0.343 e. The van der Waals surface area contributed by atoms with E-state index in [4.69, 9.17) is 33.3 Å². The molecule has 0 bridgehead atoms. The van der Waals surface area contributed by atoms with Crippen LogP contribution in [0.15, 0.2) is 30.4 Å². The van der Waals surface area contributed by atoms with Crippen LogP contribution in [-0.4, -0.2) is 55.2 Å². The number of thiocarbonyl (C=S) groups is 1. The summed E-state index contributed by atoms with van der Waals surface area (Å²) in [6.45, 7) is 3.36. The number of halogens is 1. The Balaban J connectivity index is 2.39. The highest BCUT2D eigenvalue weighted by atomic mass is 35.5. The van der Waals surface area contributed by atoms with Crippen LogP contribution in [0.3, 0.4) is 0 Å². The minimum Gasteiger partial charge on any atom is -0.493 e. The van der Waals surface area contributed by atoms with Crippen LogP contribution in [0.4, 0.5) is 0 Å². The molecule has 1 aliphatic rings. The highest BCUT2D eigenvalue weighted by Gasteiger charge is 2.32. The van der Waals surface area contributed by atoms with Crippen molar-refractivity contribution in [3.05, 3.63) is 40.9 Å². The second-order valence-corrected chi connectivity index (χ2v) is 6.21. The zero-order chi connectivity index (χ0) is 20.8. The number of nitrogens with zero attached hydrogens (tertiary/aromatic N) is 1. The van der Waals surface area contributed by atoms with Gasteiger partial charge in [0.15, 0.2) is 23.2 Å². The minimum atomic E-state index is -0.628. The molecule has 0 aliphatic carbocycles. The Hall–Kier alpha value is -2.91. The lowest BCUT2D eigenvalue weighted by atomic mass is 10.1. The molecule has 0 spiro atoms. The summed E-state index contributed by atoms with van der Waals surface area (Å²) in [5.74, 6) is -1.44. The maximum Gasteiger partial charge on any atom is 0.343 e. The van der Waals surface area contributed by atoms with Crippen LogP contribution < -0.4 is 14.8 Å². The average molecular weight is 425 g/mol. The number of amides is 2. The Bertz CT molecular complexity index is 883. The van der Waals surface area contributed by atoms with Gasteiger partial charge in [0.1, 0.15) is 5.57 Å². The Morgan fingerprint density at radius 2 is 2.07 bits per heavy atom. The van der Waals surface area contributed by atoms with Crippen molar-refractivity contribution in [3.8, 4) is 11.5 Å². The maximum absolute atomic E-state index is 12.6. The van der Waals surface area contributed by atoms with Crippen LogP contribution in [-0.2, 0) is 19.1 Å². The molecule has 8 nitrogen and oxygen atoms in total. The molecule has 1 saturated heterocycles. The first-order chi connectivity index (χ1) is 13.3. The fraction of sp³-hybridized carbons (Fsp3) is 0.222. The van der Waals surface area contributed by atoms with Gasteiger partial charge in [-0.1, -0.05) is 17.7 Å². The molecule has 0 atom stereocenters. The lowest BCUT2D eigenvalue weighted by molar-refractivity contribution is -0.143. The Kier molecular flexibility index (Phi) is 7.13. The molecule has 2 amide bonds. The van der Waals surface area contributed by atoms with Crippen molar-refractivity contribution in [3.63, 3.8) is 0 Å². The fourth-order valence-electron chi connectivity index (χ4n) is 2.31. The molecular weight excluding hydrogens is 408 g/mol. The van der Waals surface area contributed by atoms with Gasteiger partial charge in [-0.3, -0.25) is 19.8 Å². The van der Waals surface area contributed by atoms with E-state index in [0.29, 0.717) is 5.56 Å². The zero-order valence-electron chi connectivity index (χ0n) is 15.1. The number of hydrogen-bond acceptors (Lipinski definition) is 7. The van der Waals surface area contributed by atoms with E-state index in [1.807, 2.05) is 0 Å². The second-order valence-electron chi connectivity index (χ2n) is 5.42. The first kappa shape index (κ1) is 21.4. The van der Waals surface area contributed by atoms with E-state index in [-0.39, 0.29) is 40.4 Å². The van der Waals surface area contributed by atoms with Gasteiger partial charge in [-0.2, -0.15) is 0 Å². The van der Waals surface area contributed by atoms with Gasteiger partial charge in [0.2, 0.25) is 0 Å². The summed E-state index contributed by atoms with van der Waals surface area (Å²) in [4.78, 5) is 37.3. The van der Waals surface area contributed by atoms with Gasteiger partial charge in [-0.25, -0.2) is 4.79 Å². The van der Waals surface area contributed by atoms with E-state index in [1.54, 1.807) is 0 Å². The summed E-state index contributed by atoms with van der Waals surface area (Å²) >= 11 is 11.2. The molecule has 1 aliphatic heterocycles. The zero-order valence-corrected chi connectivity index (χ0v) is 16.7. The molecule has 0 radical (unpaired) electrons. The Morgan fingerprint density at radius 1 is 1.36 bits per heavy atom. The quantitative estimate of drug-likeness (QED) is 0.234. The third kappa shape index (κ3) is 4.68. The van der Waals surface area contributed by atoms with Crippen LogP contribution in [0.2, 0.25) is 5.02 Å². The SMILES string of the molecule is C=CCN1C(=O)/C(=C/c2cc(Cl)c(OCC(=O)OC)c(OC)c2)C(=O)NC1=S. The molecule has 28 heavy (non-hydrogen) atoms. The van der Waals surface area contributed by atoms with E-state index in [2.05, 4.69) is 16.6 Å². The summed E-state index contributed by atoms with van der Waals surface area (Å²) in [6.07, 6.45) is 2.85. The van der Waals surface area contributed by atoms with Crippen LogP contribution in [0.1, 0.15) is 5.56 Å². The largest absolute Gasteiger partial charge is 0.493 e. The standard InChI is InChI=1S/C18H17ClN2O6S/c1-4-5-21-17(24)11(16(23)20-18(21)28)6-10-7-12(19)15(13(8-10)25-2)27-9-14(22)26-3/h4,6-8H,1,5,9H2,2-3H3,(H,20,23,28)/b11-6+. The third-order valence-corrected chi connectivity index (χ3v) is 4.23. The predicted molar refractivity (Wildman–Crippen MR) is 106 cm³/mol. The van der Waals surface area contributed by atoms with E-state index in [9.17, 15) is 14.4 Å². The molecule has 1 aromatic carbocycles. The monoisotopic (exact) mass is 424 g/mol. The molecule has 10 heteroatoms. The van der Waals surface area contributed by atoms with Crippen LogP contribution in [0.25, 0.3) is 6.08 Å². The number of nitrogens with one attached hydrogen (secondary N) is 1. The van der Waals surface area contributed by atoms with Crippen molar-refractivity contribution in [2.45, 2.75) is 0 Å². The van der Waals surface area contributed by atoms with Gasteiger partial charge in [0.25, 0.3) is 11.8 Å². The van der Waals surface area contributed by atoms with Crippen molar-refractivity contribution in [1.29, 1.82) is 0 Å². The molecule has 1 heterocycles. The number of esters is 1. The number of rotatable bonds is 7. The molecule has 1 aromatic rings. The molecule has 148 valence electrons. The second kappa shape index (κ2) is 9.34. The molecule has 0 saturated carbocycles. The lowest BCUT2D eigenvalue weighted by Gasteiger charge is -2.27. The summed E-state index contributed by atoms with van der Waals surface area (Å²) in [6, 6.07) is 2.98. The van der Waals surface area contributed by atoms with Crippen LogP contribution >= 0.6 is 23.8 Å². The van der Waals surface area contributed by atoms with Crippen molar-refractivity contribution in [2.75, 3.05) is 27.4 Å². The number of ether oxygens (including phenoxy) is 3. The number of carbonyl (C=O) groups excluding carboxylic acids is 3. The van der Waals surface area contributed by atoms with E-state index >= 15 is 0 Å². The van der Waals surface area contributed by atoms with Crippen molar-refractivity contribution >= 4 is 52.8 Å². The number of carbonyl (C=O) groups is 3. The Morgan fingerprint density at radius 3 is 2.68 bits per heavy atom. The van der Waals surface area contributed by atoms with Gasteiger partial charge in [-0.15, -0.1) is 6.58 Å². The average Bonchev–Trinajstić information content (AvgIpc) is 2.66. The predicted octanol–water partition coefficient (Wildman–Crippen LogP) is 1.71. The van der Waals surface area contributed by atoms with Gasteiger partial charge in [-0.05, 0) is 36.0 Å². The van der Waals surface area contributed by atoms with E-state index in [0.717, 1.165) is 0 Å². The van der Waals surface area contributed by atoms with Crippen molar-refractivity contribution in [1.82, 2.24) is 10.2 Å².